The van der Waals surface area contributed by atoms with Crippen molar-refractivity contribution in [1.29, 1.82) is 0 Å². The van der Waals surface area contributed by atoms with E-state index in [1.807, 2.05) is 0 Å². The summed E-state index contributed by atoms with van der Waals surface area (Å²) in [7, 11) is 1.13. The monoisotopic (exact) mass is 295 g/mol. The highest BCUT2D eigenvalue weighted by Gasteiger charge is 2.39. The summed E-state index contributed by atoms with van der Waals surface area (Å²) in [6.07, 6.45) is 0. The number of carbonyl (C=O) groups excluding carboxylic acids is 1. The molecule has 0 bridgehead atoms. The highest BCUT2D eigenvalue weighted by atomic mass is 16.6. The van der Waals surface area contributed by atoms with Crippen molar-refractivity contribution in [3.05, 3.63) is 27.4 Å². The molecule has 1 aromatic rings. The fraction of sp³-hybridized carbons (Fsp3) is 0.417. The molecule has 0 radical (unpaired) electrons. The third-order valence-corrected chi connectivity index (χ3v) is 3.22. The molecule has 112 valence electrons. The third-order valence-electron chi connectivity index (χ3n) is 3.22. The number of aliphatic carboxylic acids is 1. The van der Waals surface area contributed by atoms with Crippen LogP contribution >= 0.6 is 0 Å². The first-order valence-corrected chi connectivity index (χ1v) is 6.07. The van der Waals surface area contributed by atoms with Crippen LogP contribution in [0.1, 0.15) is 16.1 Å². The summed E-state index contributed by atoms with van der Waals surface area (Å²) in [5, 5.41) is 20.1. The van der Waals surface area contributed by atoms with Crippen LogP contribution in [0.2, 0.25) is 0 Å². The molecule has 2 heterocycles. The SMILES string of the molecule is COC(=O)c1cc(C)nc(N2CC(C(=O)O)C2)c1[N+](=O)[O-]. The van der Waals surface area contributed by atoms with Crippen molar-refractivity contribution >= 4 is 23.4 Å². The van der Waals surface area contributed by atoms with E-state index in [1.165, 1.54) is 11.0 Å². The van der Waals surface area contributed by atoms with Gasteiger partial charge in [-0.2, -0.15) is 0 Å². The Labute approximate surface area is 119 Å². The molecular weight excluding hydrogens is 282 g/mol. The number of hydrogen-bond acceptors (Lipinski definition) is 7. The minimum absolute atomic E-state index is 0.00194. The van der Waals surface area contributed by atoms with Gasteiger partial charge < -0.3 is 14.7 Å². The Bertz CT molecular complexity index is 624. The Morgan fingerprint density at radius 2 is 2.14 bits per heavy atom. The van der Waals surface area contributed by atoms with Gasteiger partial charge in [-0.1, -0.05) is 0 Å². The lowest BCUT2D eigenvalue weighted by molar-refractivity contribution is -0.384. The molecule has 0 spiro atoms. The zero-order chi connectivity index (χ0) is 15.7. The molecule has 0 saturated carbocycles. The van der Waals surface area contributed by atoms with Crippen molar-refractivity contribution in [2.45, 2.75) is 6.92 Å². The molecular formula is C12H13N3O6. The summed E-state index contributed by atoms with van der Waals surface area (Å²) >= 11 is 0. The number of esters is 1. The maximum atomic E-state index is 11.7. The Balaban J connectivity index is 2.46. The molecule has 9 nitrogen and oxygen atoms in total. The van der Waals surface area contributed by atoms with Crippen LogP contribution in [-0.2, 0) is 9.53 Å². The van der Waals surface area contributed by atoms with E-state index in [0.29, 0.717) is 5.69 Å². The second kappa shape index (κ2) is 5.35. The lowest BCUT2D eigenvalue weighted by Gasteiger charge is -2.37. The highest BCUT2D eigenvalue weighted by Crippen LogP contribution is 2.35. The molecule has 9 heteroatoms. The van der Waals surface area contributed by atoms with Crippen molar-refractivity contribution in [2.75, 3.05) is 25.1 Å². The molecule has 0 aromatic carbocycles. The number of pyridine rings is 1. The maximum absolute atomic E-state index is 11.7. The van der Waals surface area contributed by atoms with Gasteiger partial charge in [0.2, 0.25) is 5.82 Å². The molecule has 1 aromatic heterocycles. The summed E-state index contributed by atoms with van der Waals surface area (Å²) < 4.78 is 4.54. The van der Waals surface area contributed by atoms with Crippen molar-refractivity contribution < 1.29 is 24.4 Å². The zero-order valence-corrected chi connectivity index (χ0v) is 11.4. The quantitative estimate of drug-likeness (QED) is 0.486. The van der Waals surface area contributed by atoms with E-state index >= 15 is 0 Å². The van der Waals surface area contributed by atoms with Gasteiger partial charge in [0, 0.05) is 18.8 Å². The van der Waals surface area contributed by atoms with Crippen LogP contribution in [0.25, 0.3) is 0 Å². The average molecular weight is 295 g/mol. The number of ether oxygens (including phenoxy) is 1. The number of aromatic nitrogens is 1. The lowest BCUT2D eigenvalue weighted by Crippen LogP contribution is -2.51. The van der Waals surface area contributed by atoms with Crippen molar-refractivity contribution in [2.24, 2.45) is 5.92 Å². The van der Waals surface area contributed by atoms with Gasteiger partial charge in [-0.15, -0.1) is 0 Å². The van der Waals surface area contributed by atoms with E-state index in [2.05, 4.69) is 9.72 Å². The molecule has 2 rings (SSSR count). The van der Waals surface area contributed by atoms with Crippen LogP contribution in [0.5, 0.6) is 0 Å². The van der Waals surface area contributed by atoms with Crippen molar-refractivity contribution in [3.63, 3.8) is 0 Å². The molecule has 1 aliphatic rings. The van der Waals surface area contributed by atoms with Gasteiger partial charge in [0.25, 0.3) is 0 Å². The molecule has 0 atom stereocenters. The van der Waals surface area contributed by atoms with E-state index in [4.69, 9.17) is 5.11 Å². The Morgan fingerprint density at radius 1 is 1.52 bits per heavy atom. The van der Waals surface area contributed by atoms with Crippen molar-refractivity contribution in [3.8, 4) is 0 Å². The van der Waals surface area contributed by atoms with Gasteiger partial charge in [0.1, 0.15) is 5.56 Å². The van der Waals surface area contributed by atoms with Crippen LogP contribution in [0.4, 0.5) is 11.5 Å². The summed E-state index contributed by atoms with van der Waals surface area (Å²) in [6.45, 7) is 1.83. The minimum Gasteiger partial charge on any atom is -0.481 e. The molecule has 0 aliphatic carbocycles. The van der Waals surface area contributed by atoms with Crippen LogP contribution in [0, 0.1) is 23.0 Å². The molecule has 1 N–H and O–H groups in total. The zero-order valence-electron chi connectivity index (χ0n) is 11.4. The molecule has 1 aliphatic heterocycles. The van der Waals surface area contributed by atoms with Crippen molar-refractivity contribution in [1.82, 2.24) is 4.98 Å². The van der Waals surface area contributed by atoms with Crippen LogP contribution in [0.3, 0.4) is 0 Å². The topological polar surface area (TPSA) is 123 Å². The number of carboxylic acids is 1. The summed E-state index contributed by atoms with van der Waals surface area (Å²) in [5.41, 5.74) is -0.241. The Kier molecular flexibility index (Phi) is 3.74. The fourth-order valence-electron chi connectivity index (χ4n) is 2.12. The first kappa shape index (κ1) is 14.7. The molecule has 0 amide bonds. The van der Waals surface area contributed by atoms with E-state index in [-0.39, 0.29) is 24.5 Å². The number of rotatable bonds is 4. The van der Waals surface area contributed by atoms with E-state index < -0.39 is 28.5 Å². The van der Waals surface area contributed by atoms with Gasteiger partial charge >= 0.3 is 17.6 Å². The highest BCUT2D eigenvalue weighted by molar-refractivity contribution is 5.96. The lowest BCUT2D eigenvalue weighted by atomic mass is 10.00. The number of nitro groups is 1. The smallest absolute Gasteiger partial charge is 0.345 e. The van der Waals surface area contributed by atoms with Gasteiger partial charge in [-0.25, -0.2) is 9.78 Å². The number of aryl methyl sites for hydroxylation is 1. The number of carboxylic acid groups (broad SMARTS) is 1. The number of anilines is 1. The van der Waals surface area contributed by atoms with Crippen LogP contribution < -0.4 is 4.90 Å². The number of nitrogens with zero attached hydrogens (tertiary/aromatic N) is 3. The third kappa shape index (κ3) is 2.62. The van der Waals surface area contributed by atoms with Crippen LogP contribution in [0.15, 0.2) is 6.07 Å². The van der Waals surface area contributed by atoms with Gasteiger partial charge in [-0.3, -0.25) is 14.9 Å². The molecule has 1 fully saturated rings. The second-order valence-corrected chi connectivity index (χ2v) is 4.67. The normalized spacial score (nSPS) is 14.5. The standard InChI is InChI=1S/C12H13N3O6/c1-6-3-8(12(18)21-2)9(15(19)20)10(13-6)14-4-7(5-14)11(16)17/h3,7H,4-5H2,1-2H3,(H,16,17). The van der Waals surface area contributed by atoms with Crippen LogP contribution in [-0.4, -0.2) is 47.2 Å². The fourth-order valence-corrected chi connectivity index (χ4v) is 2.12. The summed E-state index contributed by atoms with van der Waals surface area (Å²) in [6, 6.07) is 1.28. The maximum Gasteiger partial charge on any atom is 0.345 e. The van der Waals surface area contributed by atoms with E-state index in [0.717, 1.165) is 7.11 Å². The Hall–Kier alpha value is -2.71. The summed E-state index contributed by atoms with van der Waals surface area (Å²) in [5.74, 6) is -2.38. The van der Waals surface area contributed by atoms with Gasteiger partial charge in [0.15, 0.2) is 0 Å². The number of carbonyl (C=O) groups is 2. The predicted molar refractivity (Wildman–Crippen MR) is 70.3 cm³/mol. The van der Waals surface area contributed by atoms with E-state index in [9.17, 15) is 19.7 Å². The predicted octanol–water partition coefficient (Wildman–Crippen LogP) is 0.606. The first-order valence-electron chi connectivity index (χ1n) is 6.07. The Morgan fingerprint density at radius 3 is 2.62 bits per heavy atom. The largest absolute Gasteiger partial charge is 0.481 e. The number of hydrogen-bond donors (Lipinski definition) is 1. The molecule has 21 heavy (non-hydrogen) atoms. The minimum atomic E-state index is -0.963. The van der Waals surface area contributed by atoms with Gasteiger partial charge in [0.05, 0.1) is 18.0 Å². The van der Waals surface area contributed by atoms with E-state index in [1.54, 1.807) is 6.92 Å². The first-order chi connectivity index (χ1) is 9.85. The summed E-state index contributed by atoms with van der Waals surface area (Å²) in [4.78, 5) is 38.6. The molecule has 1 saturated heterocycles. The second-order valence-electron chi connectivity index (χ2n) is 4.67. The molecule has 0 unspecified atom stereocenters. The van der Waals surface area contributed by atoms with Gasteiger partial charge in [-0.05, 0) is 13.0 Å². The number of methoxy groups -OCH3 is 1. The average Bonchev–Trinajstić information content (AvgIpc) is 2.34.